The highest BCUT2D eigenvalue weighted by Gasteiger charge is 2.22. The van der Waals surface area contributed by atoms with Crippen LogP contribution in [0.2, 0.25) is 0 Å². The largest absolute Gasteiger partial charge is 0.481 e. The minimum atomic E-state index is -1.06. The van der Waals surface area contributed by atoms with E-state index >= 15 is 0 Å². The number of benzene rings is 1. The topological polar surface area (TPSA) is 104 Å². The van der Waals surface area contributed by atoms with Gasteiger partial charge in [-0.1, -0.05) is 0 Å². The highest BCUT2D eigenvalue weighted by Crippen LogP contribution is 2.19. The zero-order valence-corrected chi connectivity index (χ0v) is 12.5. The van der Waals surface area contributed by atoms with Gasteiger partial charge in [-0.3, -0.25) is 4.79 Å². The fraction of sp³-hybridized carbons (Fsp3) is 0.400. The quantitative estimate of drug-likeness (QED) is 0.703. The van der Waals surface area contributed by atoms with Gasteiger partial charge in [-0.15, -0.1) is 0 Å². The van der Waals surface area contributed by atoms with Gasteiger partial charge >= 0.3 is 17.9 Å². The van der Waals surface area contributed by atoms with Crippen LogP contribution >= 0.6 is 0 Å². The zero-order valence-electron chi connectivity index (χ0n) is 12.5. The summed E-state index contributed by atoms with van der Waals surface area (Å²) in [5, 5.41) is 17.9. The first-order valence-corrected chi connectivity index (χ1v) is 6.85. The molecular weight excluding hydrogens is 290 g/mol. The average molecular weight is 309 g/mol. The van der Waals surface area contributed by atoms with Crippen LogP contribution in [0.15, 0.2) is 24.3 Å². The lowest BCUT2D eigenvalue weighted by molar-refractivity contribution is -0.139. The summed E-state index contributed by atoms with van der Waals surface area (Å²) in [6.45, 7) is 3.50. The molecule has 7 heteroatoms. The van der Waals surface area contributed by atoms with Crippen LogP contribution in [0.1, 0.15) is 30.6 Å². The molecule has 0 aliphatic rings. The van der Waals surface area contributed by atoms with Crippen molar-refractivity contribution in [2.24, 2.45) is 0 Å². The van der Waals surface area contributed by atoms with Crippen LogP contribution in [0, 0.1) is 0 Å². The molecule has 1 rings (SSSR count). The Balaban J connectivity index is 2.96. The number of hydrogen-bond acceptors (Lipinski definition) is 5. The van der Waals surface area contributed by atoms with E-state index in [1.165, 1.54) is 24.0 Å². The van der Waals surface area contributed by atoms with Crippen molar-refractivity contribution in [1.82, 2.24) is 0 Å². The van der Waals surface area contributed by atoms with Crippen LogP contribution in [-0.2, 0) is 14.3 Å². The summed E-state index contributed by atoms with van der Waals surface area (Å²) in [5.41, 5.74) is 0.885. The Bertz CT molecular complexity index is 539. The molecule has 1 aromatic rings. The number of carbonyl (C=O) groups excluding carboxylic acids is 1. The Hall–Kier alpha value is -2.57. The summed E-state index contributed by atoms with van der Waals surface area (Å²) in [5.74, 6) is -2.52. The molecule has 0 saturated heterocycles. The molecule has 0 aliphatic heterocycles. The molecule has 0 aliphatic carbocycles. The maximum atomic E-state index is 11.6. The van der Waals surface area contributed by atoms with Gasteiger partial charge in [-0.2, -0.15) is 0 Å². The molecule has 1 atom stereocenters. The molecule has 0 saturated carbocycles. The minimum Gasteiger partial charge on any atom is -0.481 e. The number of esters is 1. The number of anilines is 1. The van der Waals surface area contributed by atoms with Crippen molar-refractivity contribution < 1.29 is 29.3 Å². The molecule has 0 radical (unpaired) electrons. The van der Waals surface area contributed by atoms with Crippen molar-refractivity contribution in [3.8, 4) is 0 Å². The zero-order chi connectivity index (χ0) is 16.7. The van der Waals surface area contributed by atoms with Crippen molar-refractivity contribution in [3.05, 3.63) is 29.8 Å². The summed E-state index contributed by atoms with van der Waals surface area (Å²) in [4.78, 5) is 34.9. The van der Waals surface area contributed by atoms with E-state index in [0.717, 1.165) is 0 Å². The van der Waals surface area contributed by atoms with Crippen LogP contribution < -0.4 is 4.90 Å². The number of rotatable bonds is 8. The molecule has 120 valence electrons. The van der Waals surface area contributed by atoms with Crippen molar-refractivity contribution in [3.63, 3.8) is 0 Å². The van der Waals surface area contributed by atoms with Crippen LogP contribution in [-0.4, -0.2) is 47.3 Å². The summed E-state index contributed by atoms with van der Waals surface area (Å²) in [6.07, 6.45) is -0.183. The number of ether oxygens (including phenoxy) is 1. The molecule has 0 heterocycles. The summed E-state index contributed by atoms with van der Waals surface area (Å²) < 4.78 is 4.87. The number of nitrogens with zero attached hydrogens (tertiary/aromatic N) is 1. The molecule has 0 bridgehead atoms. The number of carboxylic acids is 2. The maximum Gasteiger partial charge on any atom is 0.338 e. The van der Waals surface area contributed by atoms with E-state index in [2.05, 4.69) is 0 Å². The van der Waals surface area contributed by atoms with Gasteiger partial charge in [-0.25, -0.2) is 9.59 Å². The van der Waals surface area contributed by atoms with E-state index < -0.39 is 23.9 Å². The van der Waals surface area contributed by atoms with E-state index in [0.29, 0.717) is 11.3 Å². The van der Waals surface area contributed by atoms with E-state index in [1.807, 2.05) is 0 Å². The van der Waals surface area contributed by atoms with Gasteiger partial charge in [-0.05, 0) is 38.1 Å². The van der Waals surface area contributed by atoms with Gasteiger partial charge in [0.1, 0.15) is 6.04 Å². The van der Waals surface area contributed by atoms with Crippen molar-refractivity contribution in [2.45, 2.75) is 26.3 Å². The lowest BCUT2D eigenvalue weighted by atomic mass is 10.1. The van der Waals surface area contributed by atoms with Crippen LogP contribution in [0.25, 0.3) is 0 Å². The van der Waals surface area contributed by atoms with E-state index in [4.69, 9.17) is 14.9 Å². The van der Waals surface area contributed by atoms with Gasteiger partial charge in [0.05, 0.1) is 18.6 Å². The molecule has 22 heavy (non-hydrogen) atoms. The standard InChI is InChI=1S/C15H19NO6/c1-3-22-15(21)11-4-6-12(7-5-11)16(9-8-13(17)18)10(2)14(19)20/h4-7,10H,3,8-9H2,1-2H3,(H,17,18)(H,19,20). The number of aliphatic carboxylic acids is 2. The van der Waals surface area contributed by atoms with Gasteiger partial charge in [0.2, 0.25) is 0 Å². The molecule has 1 aromatic carbocycles. The van der Waals surface area contributed by atoms with Crippen molar-refractivity contribution >= 4 is 23.6 Å². The SMILES string of the molecule is CCOC(=O)c1ccc(N(CCC(=O)O)C(C)C(=O)O)cc1. The van der Waals surface area contributed by atoms with E-state index in [1.54, 1.807) is 19.1 Å². The molecular formula is C15H19NO6. The third-order valence-electron chi connectivity index (χ3n) is 3.10. The summed E-state index contributed by atoms with van der Waals surface area (Å²) in [7, 11) is 0. The Morgan fingerprint density at radius 2 is 1.77 bits per heavy atom. The monoisotopic (exact) mass is 309 g/mol. The highest BCUT2D eigenvalue weighted by atomic mass is 16.5. The normalized spacial score (nSPS) is 11.5. The Morgan fingerprint density at radius 3 is 2.23 bits per heavy atom. The predicted octanol–water partition coefficient (Wildman–Crippen LogP) is 1.62. The average Bonchev–Trinajstić information content (AvgIpc) is 2.47. The fourth-order valence-electron chi connectivity index (χ4n) is 1.90. The van der Waals surface area contributed by atoms with E-state index in [9.17, 15) is 14.4 Å². The highest BCUT2D eigenvalue weighted by molar-refractivity contribution is 5.90. The first kappa shape index (κ1) is 17.5. The van der Waals surface area contributed by atoms with Crippen LogP contribution in [0.3, 0.4) is 0 Å². The molecule has 7 nitrogen and oxygen atoms in total. The van der Waals surface area contributed by atoms with Crippen molar-refractivity contribution in [2.75, 3.05) is 18.1 Å². The fourth-order valence-corrected chi connectivity index (χ4v) is 1.90. The predicted molar refractivity (Wildman–Crippen MR) is 79.1 cm³/mol. The van der Waals surface area contributed by atoms with Gasteiger partial charge in [0, 0.05) is 12.2 Å². The van der Waals surface area contributed by atoms with Gasteiger partial charge in [0.15, 0.2) is 0 Å². The molecule has 0 fully saturated rings. The molecule has 0 spiro atoms. The first-order valence-electron chi connectivity index (χ1n) is 6.85. The third kappa shape index (κ3) is 4.76. The van der Waals surface area contributed by atoms with Crippen LogP contribution in [0.4, 0.5) is 5.69 Å². The molecule has 1 unspecified atom stereocenters. The second-order valence-electron chi connectivity index (χ2n) is 4.62. The van der Waals surface area contributed by atoms with Gasteiger partial charge < -0.3 is 19.8 Å². The summed E-state index contributed by atoms with van der Waals surface area (Å²) in [6, 6.07) is 5.32. The van der Waals surface area contributed by atoms with E-state index in [-0.39, 0.29) is 19.6 Å². The van der Waals surface area contributed by atoms with Gasteiger partial charge in [0.25, 0.3) is 0 Å². The number of carboxylic acid groups (broad SMARTS) is 2. The Morgan fingerprint density at radius 1 is 1.18 bits per heavy atom. The molecule has 0 amide bonds. The second-order valence-corrected chi connectivity index (χ2v) is 4.62. The lowest BCUT2D eigenvalue weighted by Gasteiger charge is -2.28. The Labute approximate surface area is 128 Å². The smallest absolute Gasteiger partial charge is 0.338 e. The minimum absolute atomic E-state index is 0.0571. The lowest BCUT2D eigenvalue weighted by Crippen LogP contribution is -2.40. The first-order chi connectivity index (χ1) is 10.4. The number of carbonyl (C=O) groups is 3. The second kappa shape index (κ2) is 8.02. The maximum absolute atomic E-state index is 11.6. The number of hydrogen-bond donors (Lipinski definition) is 2. The molecule has 2 N–H and O–H groups in total. The summed E-state index contributed by atoms with van der Waals surface area (Å²) >= 11 is 0. The van der Waals surface area contributed by atoms with Crippen LogP contribution in [0.5, 0.6) is 0 Å². The third-order valence-corrected chi connectivity index (χ3v) is 3.10. The van der Waals surface area contributed by atoms with Crippen molar-refractivity contribution in [1.29, 1.82) is 0 Å². The Kier molecular flexibility index (Phi) is 6.37. The molecule has 0 aromatic heterocycles.